The molecule has 1 aromatic heterocycles. The SMILES string of the molecule is CCCCc1nnn(-c2ccccc2)n1. The molecule has 0 radical (unpaired) electrons. The molecule has 0 unspecified atom stereocenters. The number of benzene rings is 1. The second-order valence-corrected chi connectivity index (χ2v) is 3.43. The van der Waals surface area contributed by atoms with Crippen molar-refractivity contribution in [2.45, 2.75) is 26.2 Å². The van der Waals surface area contributed by atoms with Crippen molar-refractivity contribution in [1.82, 2.24) is 20.2 Å². The van der Waals surface area contributed by atoms with E-state index in [0.717, 1.165) is 30.8 Å². The number of tetrazole rings is 1. The summed E-state index contributed by atoms with van der Waals surface area (Å²) < 4.78 is 0. The number of aromatic nitrogens is 4. The number of rotatable bonds is 4. The summed E-state index contributed by atoms with van der Waals surface area (Å²) in [7, 11) is 0. The Bertz CT molecular complexity index is 408. The van der Waals surface area contributed by atoms with Crippen LogP contribution >= 0.6 is 0 Å². The summed E-state index contributed by atoms with van der Waals surface area (Å²) in [6.45, 7) is 2.15. The Hall–Kier alpha value is -1.71. The summed E-state index contributed by atoms with van der Waals surface area (Å²) in [4.78, 5) is 1.57. The van der Waals surface area contributed by atoms with Gasteiger partial charge < -0.3 is 0 Å². The lowest BCUT2D eigenvalue weighted by atomic mass is 10.2. The molecule has 0 saturated heterocycles. The minimum Gasteiger partial charge on any atom is -0.131 e. The summed E-state index contributed by atoms with van der Waals surface area (Å²) in [5, 5.41) is 12.3. The van der Waals surface area contributed by atoms with Crippen molar-refractivity contribution in [2.75, 3.05) is 0 Å². The Morgan fingerprint density at radius 3 is 2.73 bits per heavy atom. The van der Waals surface area contributed by atoms with Gasteiger partial charge in [0.25, 0.3) is 0 Å². The molecule has 1 heterocycles. The van der Waals surface area contributed by atoms with Gasteiger partial charge in [0.05, 0.1) is 5.69 Å². The topological polar surface area (TPSA) is 43.6 Å². The van der Waals surface area contributed by atoms with E-state index in [9.17, 15) is 0 Å². The minimum absolute atomic E-state index is 0.820. The average molecular weight is 202 g/mol. The first-order chi connectivity index (χ1) is 7.40. The third-order valence-corrected chi connectivity index (χ3v) is 2.20. The van der Waals surface area contributed by atoms with Crippen molar-refractivity contribution in [1.29, 1.82) is 0 Å². The highest BCUT2D eigenvalue weighted by Crippen LogP contribution is 2.03. The molecule has 0 atom stereocenters. The Morgan fingerprint density at radius 1 is 1.20 bits per heavy atom. The summed E-state index contributed by atoms with van der Waals surface area (Å²) >= 11 is 0. The fourth-order valence-corrected chi connectivity index (χ4v) is 1.35. The third-order valence-electron chi connectivity index (χ3n) is 2.20. The molecule has 0 aliphatic rings. The molecule has 78 valence electrons. The standard InChI is InChI=1S/C11H14N4/c1-2-3-9-11-12-14-15(13-11)10-7-5-4-6-8-10/h4-8H,2-3,9H2,1H3. The molecule has 0 fully saturated rings. The number of hydrogen-bond acceptors (Lipinski definition) is 3. The number of unbranched alkanes of at least 4 members (excludes halogenated alkanes) is 1. The molecule has 0 amide bonds. The highest BCUT2D eigenvalue weighted by Gasteiger charge is 2.02. The van der Waals surface area contributed by atoms with Crippen LogP contribution in [0.1, 0.15) is 25.6 Å². The summed E-state index contributed by atoms with van der Waals surface area (Å²) in [6, 6.07) is 9.82. The van der Waals surface area contributed by atoms with Gasteiger partial charge in [0.1, 0.15) is 0 Å². The van der Waals surface area contributed by atoms with Crippen LogP contribution in [0.5, 0.6) is 0 Å². The molecule has 4 nitrogen and oxygen atoms in total. The maximum atomic E-state index is 4.31. The first-order valence-electron chi connectivity index (χ1n) is 5.24. The van der Waals surface area contributed by atoms with E-state index < -0.39 is 0 Å². The first kappa shape index (κ1) is 9.83. The van der Waals surface area contributed by atoms with E-state index in [1.54, 1.807) is 4.80 Å². The van der Waals surface area contributed by atoms with Gasteiger partial charge in [0, 0.05) is 6.42 Å². The Morgan fingerprint density at radius 2 is 2.00 bits per heavy atom. The Labute approximate surface area is 88.9 Å². The van der Waals surface area contributed by atoms with Gasteiger partial charge in [0.2, 0.25) is 0 Å². The van der Waals surface area contributed by atoms with E-state index in [-0.39, 0.29) is 0 Å². The van der Waals surface area contributed by atoms with Crippen LogP contribution in [0.4, 0.5) is 0 Å². The van der Waals surface area contributed by atoms with Crippen molar-refractivity contribution < 1.29 is 0 Å². The van der Waals surface area contributed by atoms with Gasteiger partial charge in [0.15, 0.2) is 5.82 Å². The van der Waals surface area contributed by atoms with Crippen LogP contribution in [0, 0.1) is 0 Å². The van der Waals surface area contributed by atoms with E-state index in [4.69, 9.17) is 0 Å². The molecule has 1 aromatic carbocycles. The third kappa shape index (κ3) is 2.40. The van der Waals surface area contributed by atoms with Gasteiger partial charge in [-0.3, -0.25) is 0 Å². The number of para-hydroxylation sites is 1. The lowest BCUT2D eigenvalue weighted by Gasteiger charge is -1.95. The Kier molecular flexibility index (Phi) is 3.07. The second-order valence-electron chi connectivity index (χ2n) is 3.43. The molecule has 0 aliphatic heterocycles. The first-order valence-corrected chi connectivity index (χ1v) is 5.24. The fraction of sp³-hybridized carbons (Fsp3) is 0.364. The van der Waals surface area contributed by atoms with Crippen LogP contribution in [-0.4, -0.2) is 20.2 Å². The van der Waals surface area contributed by atoms with Gasteiger partial charge in [-0.1, -0.05) is 31.5 Å². The molecule has 0 N–H and O–H groups in total. The molecule has 2 aromatic rings. The molecule has 4 heteroatoms. The summed E-state index contributed by atoms with van der Waals surface area (Å²) in [5.41, 5.74) is 0.952. The van der Waals surface area contributed by atoms with Crippen molar-refractivity contribution in [2.24, 2.45) is 0 Å². The normalized spacial score (nSPS) is 10.5. The molecule has 0 bridgehead atoms. The lowest BCUT2D eigenvalue weighted by molar-refractivity contribution is 0.712. The van der Waals surface area contributed by atoms with Crippen molar-refractivity contribution in [3.63, 3.8) is 0 Å². The van der Waals surface area contributed by atoms with E-state index >= 15 is 0 Å². The van der Waals surface area contributed by atoms with Crippen LogP contribution in [0.25, 0.3) is 5.69 Å². The molecule has 0 aliphatic carbocycles. The maximum absolute atomic E-state index is 4.31. The van der Waals surface area contributed by atoms with Crippen LogP contribution in [0.15, 0.2) is 30.3 Å². The van der Waals surface area contributed by atoms with E-state index in [2.05, 4.69) is 22.3 Å². The van der Waals surface area contributed by atoms with Gasteiger partial charge >= 0.3 is 0 Å². The monoisotopic (exact) mass is 202 g/mol. The smallest absolute Gasteiger partial charge is 0.131 e. The zero-order chi connectivity index (χ0) is 10.5. The van der Waals surface area contributed by atoms with Crippen LogP contribution in [0.2, 0.25) is 0 Å². The molecule has 0 saturated carbocycles. The largest absolute Gasteiger partial charge is 0.175 e. The van der Waals surface area contributed by atoms with Crippen molar-refractivity contribution in [3.05, 3.63) is 36.2 Å². The maximum Gasteiger partial charge on any atom is 0.175 e. The highest BCUT2D eigenvalue weighted by atomic mass is 15.6. The van der Waals surface area contributed by atoms with E-state index in [1.165, 1.54) is 0 Å². The zero-order valence-electron chi connectivity index (χ0n) is 8.80. The average Bonchev–Trinajstić information content (AvgIpc) is 2.76. The quantitative estimate of drug-likeness (QED) is 0.761. The predicted octanol–water partition coefficient (Wildman–Crippen LogP) is 2.00. The summed E-state index contributed by atoms with van der Waals surface area (Å²) in [6.07, 6.45) is 3.17. The zero-order valence-corrected chi connectivity index (χ0v) is 8.80. The Balaban J connectivity index is 2.14. The fourth-order valence-electron chi connectivity index (χ4n) is 1.35. The van der Waals surface area contributed by atoms with Crippen molar-refractivity contribution >= 4 is 0 Å². The lowest BCUT2D eigenvalue weighted by Crippen LogP contribution is -1.98. The molecule has 15 heavy (non-hydrogen) atoms. The van der Waals surface area contributed by atoms with E-state index in [1.807, 2.05) is 30.3 Å². The van der Waals surface area contributed by atoms with Gasteiger partial charge in [-0.15, -0.1) is 15.0 Å². The number of nitrogens with zero attached hydrogens (tertiary/aromatic N) is 4. The van der Waals surface area contributed by atoms with Crippen LogP contribution in [0.3, 0.4) is 0 Å². The number of aryl methyl sites for hydroxylation is 1. The number of hydrogen-bond donors (Lipinski definition) is 0. The van der Waals surface area contributed by atoms with Gasteiger partial charge in [-0.05, 0) is 23.8 Å². The molecule has 0 spiro atoms. The second kappa shape index (κ2) is 4.68. The van der Waals surface area contributed by atoms with Crippen molar-refractivity contribution in [3.8, 4) is 5.69 Å². The highest BCUT2D eigenvalue weighted by molar-refractivity contribution is 5.27. The molecule has 2 rings (SSSR count). The molecular formula is C11H14N4. The predicted molar refractivity (Wildman–Crippen MR) is 57.8 cm³/mol. The van der Waals surface area contributed by atoms with Crippen LogP contribution in [-0.2, 0) is 6.42 Å². The van der Waals surface area contributed by atoms with Gasteiger partial charge in [-0.25, -0.2) is 0 Å². The molecular weight excluding hydrogens is 188 g/mol. The minimum atomic E-state index is 0.820. The van der Waals surface area contributed by atoms with Gasteiger partial charge in [-0.2, -0.15) is 0 Å². The van der Waals surface area contributed by atoms with E-state index in [0.29, 0.717) is 0 Å². The summed E-state index contributed by atoms with van der Waals surface area (Å²) in [5.74, 6) is 0.820. The van der Waals surface area contributed by atoms with Crippen LogP contribution < -0.4 is 0 Å².